The molecule has 1 atom stereocenters. The first kappa shape index (κ1) is 10.7. The van der Waals surface area contributed by atoms with Crippen LogP contribution >= 0.6 is 0 Å². The molecule has 2 aromatic heterocycles. The van der Waals surface area contributed by atoms with Crippen molar-refractivity contribution in [2.24, 2.45) is 0 Å². The summed E-state index contributed by atoms with van der Waals surface area (Å²) < 4.78 is 8.06. The molecule has 0 saturated carbocycles. The first-order chi connectivity index (χ1) is 8.25. The molecule has 0 fully saturated rings. The zero-order chi connectivity index (χ0) is 11.8. The van der Waals surface area contributed by atoms with Gasteiger partial charge in [-0.1, -0.05) is 0 Å². The van der Waals surface area contributed by atoms with Crippen LogP contribution in [0.3, 0.4) is 0 Å². The van der Waals surface area contributed by atoms with Crippen molar-refractivity contribution in [2.75, 3.05) is 27.2 Å². The lowest BCUT2D eigenvalue weighted by Crippen LogP contribution is -2.48. The second kappa shape index (κ2) is 4.09. The Morgan fingerprint density at radius 3 is 3.29 bits per heavy atom. The van der Waals surface area contributed by atoms with Crippen LogP contribution in [0.5, 0.6) is 0 Å². The summed E-state index contributed by atoms with van der Waals surface area (Å²) in [4.78, 5) is 6.30. The van der Waals surface area contributed by atoms with E-state index in [4.69, 9.17) is 4.74 Å². The monoisotopic (exact) mass is 233 g/mol. The van der Waals surface area contributed by atoms with Crippen molar-refractivity contribution in [3.63, 3.8) is 0 Å². The molecule has 0 aromatic carbocycles. The van der Waals surface area contributed by atoms with E-state index in [1.807, 2.05) is 12.4 Å². The molecule has 17 heavy (non-hydrogen) atoms. The summed E-state index contributed by atoms with van der Waals surface area (Å²) in [6.45, 7) is 2.54. The predicted octanol–water partition coefficient (Wildman–Crippen LogP) is 0.483. The minimum absolute atomic E-state index is 0.134. The standard InChI is InChI=1S/C12H16N4O/c1-15(2)8-11-12-9-3-4-13-7-10(9)14-16(12)5-6-17-11/h3-4,7,11H,5-6,8H2,1-2H3/p+1. The molecule has 3 heterocycles. The number of hydrogen-bond donors (Lipinski definition) is 1. The van der Waals surface area contributed by atoms with Crippen LogP contribution in [0.1, 0.15) is 11.8 Å². The number of likely N-dealkylation sites (N-methyl/N-ethyl adjacent to an activating group) is 1. The van der Waals surface area contributed by atoms with E-state index in [0.717, 1.165) is 25.2 Å². The third-order valence-electron chi connectivity index (χ3n) is 3.11. The van der Waals surface area contributed by atoms with E-state index in [-0.39, 0.29) is 6.10 Å². The molecule has 1 unspecified atom stereocenters. The van der Waals surface area contributed by atoms with Gasteiger partial charge in [-0.3, -0.25) is 4.98 Å². The first-order valence-electron chi connectivity index (χ1n) is 5.87. The Balaban J connectivity index is 2.10. The highest BCUT2D eigenvalue weighted by Gasteiger charge is 2.33. The summed E-state index contributed by atoms with van der Waals surface area (Å²) in [5.41, 5.74) is 2.32. The lowest BCUT2D eigenvalue weighted by Gasteiger charge is -2.21. The number of rotatable bonds is 2. The number of aromatic nitrogens is 3. The van der Waals surface area contributed by atoms with Crippen LogP contribution in [0, 0.1) is 0 Å². The van der Waals surface area contributed by atoms with Crippen molar-refractivity contribution >= 4 is 10.9 Å². The number of pyridine rings is 1. The lowest BCUT2D eigenvalue weighted by atomic mass is 10.1. The van der Waals surface area contributed by atoms with Gasteiger partial charge in [-0.2, -0.15) is 5.10 Å². The van der Waals surface area contributed by atoms with Gasteiger partial charge in [-0.15, -0.1) is 4.68 Å². The number of aromatic amines is 1. The van der Waals surface area contributed by atoms with Gasteiger partial charge in [0.05, 0.1) is 11.6 Å². The van der Waals surface area contributed by atoms with E-state index in [9.17, 15) is 0 Å². The minimum atomic E-state index is 0.134. The summed E-state index contributed by atoms with van der Waals surface area (Å²) in [5, 5.41) is 4.59. The molecule has 1 N–H and O–H groups in total. The van der Waals surface area contributed by atoms with E-state index >= 15 is 0 Å². The van der Waals surface area contributed by atoms with Crippen LogP contribution in [0.4, 0.5) is 0 Å². The van der Waals surface area contributed by atoms with E-state index in [0.29, 0.717) is 0 Å². The quantitative estimate of drug-likeness (QED) is 0.768. The highest BCUT2D eigenvalue weighted by Crippen LogP contribution is 2.25. The van der Waals surface area contributed by atoms with Crippen molar-refractivity contribution in [3.05, 3.63) is 24.2 Å². The molecule has 1 aliphatic rings. The molecule has 5 nitrogen and oxygen atoms in total. The van der Waals surface area contributed by atoms with E-state index < -0.39 is 0 Å². The normalized spacial score (nSPS) is 19.8. The zero-order valence-corrected chi connectivity index (χ0v) is 10.2. The summed E-state index contributed by atoms with van der Waals surface area (Å²) in [5.74, 6) is 0. The Hall–Kier alpha value is -1.46. The number of nitrogens with zero attached hydrogens (tertiary/aromatic N) is 3. The maximum atomic E-state index is 5.88. The third kappa shape index (κ3) is 1.81. The maximum absolute atomic E-state index is 5.88. The molecule has 5 heteroatoms. The summed E-state index contributed by atoms with van der Waals surface area (Å²) in [6.07, 6.45) is 3.83. The molecule has 0 saturated heterocycles. The number of nitrogens with one attached hydrogen (secondary N) is 1. The lowest BCUT2D eigenvalue weighted by molar-refractivity contribution is -0.767. The molecular weight excluding hydrogens is 216 g/mol. The highest BCUT2D eigenvalue weighted by atomic mass is 16.5. The van der Waals surface area contributed by atoms with E-state index in [1.165, 1.54) is 11.1 Å². The largest absolute Gasteiger partial charge is 0.359 e. The van der Waals surface area contributed by atoms with Crippen molar-refractivity contribution < 1.29 is 9.42 Å². The number of hydrogen-bond acceptors (Lipinski definition) is 3. The summed E-state index contributed by atoms with van der Waals surface area (Å²) in [7, 11) is 4.14. The van der Waals surface area contributed by atoms with Gasteiger partial charge in [0.2, 0.25) is 5.69 Å². The van der Waals surface area contributed by atoms with Gasteiger partial charge >= 0.3 is 0 Å². The Labute approximate surface area is 100.0 Å². The molecule has 3 rings (SSSR count). The SMILES string of the molecule is CN(C)CC1OCC[n+]2[nH]c3cnccc3c21. The van der Waals surface area contributed by atoms with Crippen LogP contribution in [-0.2, 0) is 11.3 Å². The second-order valence-corrected chi connectivity index (χ2v) is 4.69. The third-order valence-corrected chi connectivity index (χ3v) is 3.11. The first-order valence-corrected chi connectivity index (χ1v) is 5.87. The molecule has 0 aliphatic carbocycles. The molecule has 1 aliphatic heterocycles. The topological polar surface area (TPSA) is 45.0 Å². The smallest absolute Gasteiger partial charge is 0.245 e. The Morgan fingerprint density at radius 1 is 1.59 bits per heavy atom. The van der Waals surface area contributed by atoms with Crippen LogP contribution in [0.15, 0.2) is 18.5 Å². The van der Waals surface area contributed by atoms with Gasteiger partial charge in [-0.05, 0) is 20.2 Å². The average Bonchev–Trinajstić information content (AvgIpc) is 2.67. The van der Waals surface area contributed by atoms with Gasteiger partial charge in [0, 0.05) is 12.7 Å². The molecule has 2 aromatic rings. The summed E-state index contributed by atoms with van der Waals surface area (Å²) >= 11 is 0. The van der Waals surface area contributed by atoms with Crippen molar-refractivity contribution in [1.82, 2.24) is 15.0 Å². The number of H-pyrrole nitrogens is 1. The van der Waals surface area contributed by atoms with Crippen LogP contribution in [0.2, 0.25) is 0 Å². The van der Waals surface area contributed by atoms with E-state index in [1.54, 1.807) is 0 Å². The molecule has 0 radical (unpaired) electrons. The maximum Gasteiger partial charge on any atom is 0.245 e. The average molecular weight is 233 g/mol. The molecule has 0 bridgehead atoms. The van der Waals surface area contributed by atoms with Gasteiger partial charge in [0.15, 0.2) is 12.6 Å². The van der Waals surface area contributed by atoms with Crippen molar-refractivity contribution in [2.45, 2.75) is 12.6 Å². The molecule has 90 valence electrons. The number of ether oxygens (including phenoxy) is 1. The van der Waals surface area contributed by atoms with Gasteiger partial charge in [0.25, 0.3) is 0 Å². The zero-order valence-electron chi connectivity index (χ0n) is 10.2. The van der Waals surface area contributed by atoms with E-state index in [2.05, 4.69) is 39.8 Å². The molecular formula is C12H17N4O+. The Bertz CT molecular complexity index is 534. The fourth-order valence-corrected chi connectivity index (χ4v) is 2.42. The van der Waals surface area contributed by atoms with Crippen molar-refractivity contribution in [3.8, 4) is 0 Å². The Kier molecular flexibility index (Phi) is 2.57. The van der Waals surface area contributed by atoms with Gasteiger partial charge < -0.3 is 9.64 Å². The Morgan fingerprint density at radius 2 is 2.47 bits per heavy atom. The molecule has 0 spiro atoms. The highest BCUT2D eigenvalue weighted by molar-refractivity contribution is 5.79. The second-order valence-electron chi connectivity index (χ2n) is 4.69. The summed E-state index contributed by atoms with van der Waals surface area (Å²) in [6, 6.07) is 2.05. The van der Waals surface area contributed by atoms with Crippen LogP contribution in [-0.4, -0.2) is 42.2 Å². The fourth-order valence-electron chi connectivity index (χ4n) is 2.42. The molecule has 0 amide bonds. The van der Waals surface area contributed by atoms with Crippen LogP contribution in [0.25, 0.3) is 10.9 Å². The van der Waals surface area contributed by atoms with Gasteiger partial charge in [-0.25, -0.2) is 0 Å². The van der Waals surface area contributed by atoms with Crippen molar-refractivity contribution in [1.29, 1.82) is 0 Å². The fraction of sp³-hybridized carbons (Fsp3) is 0.500. The number of fused-ring (bicyclic) bond motifs is 3. The van der Waals surface area contributed by atoms with Crippen LogP contribution < -0.4 is 4.68 Å². The minimum Gasteiger partial charge on any atom is -0.359 e. The predicted molar refractivity (Wildman–Crippen MR) is 63.5 cm³/mol. The van der Waals surface area contributed by atoms with Gasteiger partial charge in [0.1, 0.15) is 12.1 Å².